The maximum atomic E-state index is 14.6. The van der Waals surface area contributed by atoms with Gasteiger partial charge in [0.1, 0.15) is 57.8 Å². The summed E-state index contributed by atoms with van der Waals surface area (Å²) in [4.78, 5) is 76.7. The number of ether oxygens (including phenoxy) is 4. The average Bonchev–Trinajstić information content (AvgIpc) is 3.57. The standard InChI is InChI=1S/C38H45BrN6O10S/c1-7-19-16-38(19,34(48)49)44-31(46)24-14-21(17-45(24)33(47)30(37(2,3)4)43-36(51)55-20-10-8-9-11-20)54-26-15-23(32-41-27(18-56-32)42-35(50)53-6)40-29-22(26)12-13-25(52-5)28(29)39/h7,12-13,15,18-21,24,30H,1,8-11,14,16-17H2,2-6H3,(H,42,50)(H,43,51)(H,44,46)(H,48,49)/t19-,21-,24+,30-,38-/m1/s1. The number of benzene rings is 1. The zero-order valence-electron chi connectivity index (χ0n) is 31.7. The van der Waals surface area contributed by atoms with Crippen LogP contribution in [0.2, 0.25) is 0 Å². The van der Waals surface area contributed by atoms with E-state index in [1.54, 1.807) is 44.4 Å². The van der Waals surface area contributed by atoms with Crippen molar-refractivity contribution < 1.29 is 48.0 Å². The third-order valence-electron chi connectivity index (χ3n) is 10.3. The Balaban J connectivity index is 1.34. The fourth-order valence-electron chi connectivity index (χ4n) is 7.18. The van der Waals surface area contributed by atoms with E-state index in [-0.39, 0.29) is 31.3 Å². The van der Waals surface area contributed by atoms with Crippen LogP contribution in [-0.2, 0) is 23.9 Å². The number of rotatable bonds is 12. The van der Waals surface area contributed by atoms with Gasteiger partial charge in [-0.3, -0.25) is 14.9 Å². The second-order valence-electron chi connectivity index (χ2n) is 15.2. The summed E-state index contributed by atoms with van der Waals surface area (Å²) >= 11 is 4.82. The number of likely N-dealkylation sites (tertiary alicyclic amines) is 1. The fourth-order valence-corrected chi connectivity index (χ4v) is 8.48. The number of halogens is 1. The van der Waals surface area contributed by atoms with Crippen LogP contribution < -0.4 is 25.4 Å². The predicted molar refractivity (Wildman–Crippen MR) is 210 cm³/mol. The molecule has 16 nitrogen and oxygen atoms in total. The maximum Gasteiger partial charge on any atom is 0.412 e. The van der Waals surface area contributed by atoms with Gasteiger partial charge in [-0.2, -0.15) is 0 Å². The number of carbonyl (C=O) groups is 5. The molecule has 3 aliphatic rings. The Kier molecular flexibility index (Phi) is 11.8. The van der Waals surface area contributed by atoms with Crippen LogP contribution in [0.25, 0.3) is 21.6 Å². The number of hydrogen-bond acceptors (Lipinski definition) is 12. The van der Waals surface area contributed by atoms with Crippen LogP contribution in [0.5, 0.6) is 11.5 Å². The number of hydrogen-bond donors (Lipinski definition) is 4. The second kappa shape index (κ2) is 16.3. The number of aromatic nitrogens is 2. The molecule has 4 amide bonds. The van der Waals surface area contributed by atoms with E-state index in [9.17, 15) is 29.1 Å². The number of aliphatic carboxylic acids is 1. The van der Waals surface area contributed by atoms with Crippen molar-refractivity contribution in [1.82, 2.24) is 25.5 Å². The Morgan fingerprint density at radius 2 is 1.82 bits per heavy atom. The molecule has 0 radical (unpaired) electrons. The molecule has 4 N–H and O–H groups in total. The minimum Gasteiger partial charge on any atom is -0.495 e. The van der Waals surface area contributed by atoms with Gasteiger partial charge in [0, 0.05) is 29.2 Å². The Morgan fingerprint density at radius 3 is 2.45 bits per heavy atom. The van der Waals surface area contributed by atoms with Crippen LogP contribution in [0.4, 0.5) is 15.4 Å². The topological polar surface area (TPSA) is 208 Å². The predicted octanol–water partition coefficient (Wildman–Crippen LogP) is 5.89. The van der Waals surface area contributed by atoms with Crippen molar-refractivity contribution in [2.75, 3.05) is 26.1 Å². The molecule has 2 saturated carbocycles. The smallest absolute Gasteiger partial charge is 0.412 e. The summed E-state index contributed by atoms with van der Waals surface area (Å²) in [5, 5.41) is 20.7. The minimum absolute atomic E-state index is 0.00364. The molecule has 2 aromatic heterocycles. The van der Waals surface area contributed by atoms with Gasteiger partial charge in [0.05, 0.1) is 30.8 Å². The number of methoxy groups -OCH3 is 2. The van der Waals surface area contributed by atoms with E-state index in [1.807, 2.05) is 0 Å². The van der Waals surface area contributed by atoms with Gasteiger partial charge < -0.3 is 39.6 Å². The lowest BCUT2D eigenvalue weighted by Crippen LogP contribution is -2.59. The number of carbonyl (C=O) groups excluding carboxylic acids is 4. The van der Waals surface area contributed by atoms with Crippen LogP contribution >= 0.6 is 27.3 Å². The Hall–Kier alpha value is -4.97. The van der Waals surface area contributed by atoms with Crippen molar-refractivity contribution in [3.63, 3.8) is 0 Å². The first kappa shape index (κ1) is 40.7. The Labute approximate surface area is 335 Å². The summed E-state index contributed by atoms with van der Waals surface area (Å²) < 4.78 is 23.1. The summed E-state index contributed by atoms with van der Waals surface area (Å²) in [5.41, 5.74) is -1.49. The van der Waals surface area contributed by atoms with Gasteiger partial charge in [-0.1, -0.05) is 26.8 Å². The number of thiazole rings is 1. The van der Waals surface area contributed by atoms with Gasteiger partial charge in [0.25, 0.3) is 0 Å². The number of carboxylic acid groups (broad SMARTS) is 1. The number of amides is 4. The second-order valence-corrected chi connectivity index (χ2v) is 16.8. The van der Waals surface area contributed by atoms with Gasteiger partial charge in [0.2, 0.25) is 11.8 Å². The average molecular weight is 858 g/mol. The zero-order valence-corrected chi connectivity index (χ0v) is 34.1. The number of carboxylic acids is 1. The summed E-state index contributed by atoms with van der Waals surface area (Å²) in [7, 11) is 2.77. The zero-order chi connectivity index (χ0) is 40.5. The van der Waals surface area contributed by atoms with Crippen LogP contribution in [0.15, 0.2) is 40.7 Å². The highest BCUT2D eigenvalue weighted by molar-refractivity contribution is 9.10. The highest BCUT2D eigenvalue weighted by Gasteiger charge is 2.61. The minimum atomic E-state index is -1.55. The third-order valence-corrected chi connectivity index (χ3v) is 12.0. The first-order valence-corrected chi connectivity index (χ1v) is 19.9. The molecule has 1 aliphatic heterocycles. The van der Waals surface area contributed by atoms with Crippen molar-refractivity contribution in [2.24, 2.45) is 11.3 Å². The molecule has 56 heavy (non-hydrogen) atoms. The van der Waals surface area contributed by atoms with E-state index in [4.69, 9.17) is 19.2 Å². The van der Waals surface area contributed by atoms with E-state index in [1.165, 1.54) is 36.5 Å². The van der Waals surface area contributed by atoms with Crippen LogP contribution in [0.1, 0.15) is 59.3 Å². The molecular weight excluding hydrogens is 812 g/mol. The summed E-state index contributed by atoms with van der Waals surface area (Å²) in [6, 6.07) is 2.93. The molecule has 0 spiro atoms. The van der Waals surface area contributed by atoms with E-state index in [0.29, 0.717) is 37.6 Å². The van der Waals surface area contributed by atoms with Gasteiger partial charge in [0.15, 0.2) is 0 Å². The van der Waals surface area contributed by atoms with Crippen molar-refractivity contribution >= 4 is 74.0 Å². The van der Waals surface area contributed by atoms with E-state index >= 15 is 0 Å². The monoisotopic (exact) mass is 856 g/mol. The normalized spacial score (nSPS) is 22.5. The molecule has 0 unspecified atom stereocenters. The van der Waals surface area contributed by atoms with Crippen molar-refractivity contribution in [3.05, 3.63) is 40.7 Å². The van der Waals surface area contributed by atoms with Gasteiger partial charge in [-0.15, -0.1) is 17.9 Å². The summed E-state index contributed by atoms with van der Waals surface area (Å²) in [5.74, 6) is -1.79. The van der Waals surface area contributed by atoms with Crippen molar-refractivity contribution in [3.8, 4) is 22.2 Å². The van der Waals surface area contributed by atoms with E-state index < -0.39 is 65.0 Å². The Morgan fingerprint density at radius 1 is 1.09 bits per heavy atom. The molecule has 1 saturated heterocycles. The quantitative estimate of drug-likeness (QED) is 0.158. The summed E-state index contributed by atoms with van der Waals surface area (Å²) in [6.07, 6.45) is 2.62. The first-order valence-electron chi connectivity index (χ1n) is 18.2. The van der Waals surface area contributed by atoms with E-state index in [0.717, 1.165) is 25.7 Å². The SMILES string of the molecule is C=C[C@@H]1C[C@]1(NC(=O)[C@@H]1C[C@@H](Oc2cc(-c3nc(NC(=O)OC)cs3)nc3c(Br)c(OC)ccc23)CN1C(=O)[C@@H](NC(=O)OC1CCCC1)C(C)(C)C)C(=O)O. The number of nitrogens with one attached hydrogen (secondary N) is 3. The molecule has 300 valence electrons. The molecule has 6 rings (SSSR count). The molecule has 3 heterocycles. The molecule has 2 aliphatic carbocycles. The highest BCUT2D eigenvalue weighted by atomic mass is 79.9. The van der Waals surface area contributed by atoms with Gasteiger partial charge in [-0.05, 0) is 65.6 Å². The molecular formula is C38H45BrN6O10S. The first-order chi connectivity index (χ1) is 26.6. The van der Waals surface area contributed by atoms with Crippen molar-refractivity contribution in [2.45, 2.75) is 89.1 Å². The van der Waals surface area contributed by atoms with Crippen LogP contribution in [0.3, 0.4) is 0 Å². The maximum absolute atomic E-state index is 14.6. The molecule has 18 heteroatoms. The third kappa shape index (κ3) is 8.40. The van der Waals surface area contributed by atoms with Gasteiger partial charge in [-0.25, -0.2) is 24.4 Å². The molecule has 1 aromatic carbocycles. The molecule has 0 bridgehead atoms. The number of anilines is 1. The number of pyridine rings is 1. The summed E-state index contributed by atoms with van der Waals surface area (Å²) in [6.45, 7) is 9.03. The van der Waals surface area contributed by atoms with Crippen LogP contribution in [0, 0.1) is 11.3 Å². The number of nitrogens with zero attached hydrogens (tertiary/aromatic N) is 3. The lowest BCUT2D eigenvalue weighted by Gasteiger charge is -2.35. The van der Waals surface area contributed by atoms with Crippen molar-refractivity contribution in [1.29, 1.82) is 0 Å². The fraction of sp³-hybridized carbons (Fsp3) is 0.500. The van der Waals surface area contributed by atoms with Crippen LogP contribution in [-0.4, -0.2) is 101 Å². The largest absolute Gasteiger partial charge is 0.495 e. The van der Waals surface area contributed by atoms with Gasteiger partial charge >= 0.3 is 18.2 Å². The molecule has 5 atom stereocenters. The van der Waals surface area contributed by atoms with E-state index in [2.05, 4.69) is 48.2 Å². The number of alkyl carbamates (subject to hydrolysis) is 1. The Bertz CT molecular complexity index is 2050. The lowest BCUT2D eigenvalue weighted by molar-refractivity contribution is -0.146. The molecule has 3 fully saturated rings. The molecule has 3 aromatic rings. The highest BCUT2D eigenvalue weighted by Crippen LogP contribution is 2.45. The lowest BCUT2D eigenvalue weighted by atomic mass is 9.85. The number of fused-ring (bicyclic) bond motifs is 1.